The van der Waals surface area contributed by atoms with E-state index in [2.05, 4.69) is 33.5 Å². The topological polar surface area (TPSA) is 61.4 Å². The van der Waals surface area contributed by atoms with Gasteiger partial charge in [0.1, 0.15) is 0 Å². The molecule has 0 aliphatic heterocycles. The molecule has 0 aliphatic carbocycles. The molecule has 1 unspecified atom stereocenters. The fourth-order valence-electron chi connectivity index (χ4n) is 1.78. The number of halogens is 1. The number of amides is 1. The average molecular weight is 329 g/mol. The molecule has 0 spiro atoms. The Labute approximate surface area is 122 Å². The fraction of sp³-hybridized carbons (Fsp3) is 0.500. The fourth-order valence-corrected chi connectivity index (χ4v) is 2.16. The zero-order valence-electron chi connectivity index (χ0n) is 11.2. The molecule has 0 heterocycles. The maximum absolute atomic E-state index is 11.7. The molecule has 106 valence electrons. The number of aliphatic hydroxyl groups is 1. The lowest BCUT2D eigenvalue weighted by molar-refractivity contribution is -0.115. The Morgan fingerprint density at radius 2 is 2.16 bits per heavy atom. The van der Waals surface area contributed by atoms with Gasteiger partial charge in [0.2, 0.25) is 5.91 Å². The van der Waals surface area contributed by atoms with E-state index in [1.807, 2.05) is 24.3 Å². The molecule has 3 N–H and O–H groups in total. The van der Waals surface area contributed by atoms with Crippen molar-refractivity contribution >= 4 is 27.5 Å². The molecule has 0 saturated heterocycles. The first-order valence-electron chi connectivity index (χ1n) is 6.53. The lowest BCUT2D eigenvalue weighted by Gasteiger charge is -2.14. The summed E-state index contributed by atoms with van der Waals surface area (Å²) in [6.45, 7) is 3.32. The van der Waals surface area contributed by atoms with Gasteiger partial charge in [-0.05, 0) is 46.9 Å². The van der Waals surface area contributed by atoms with Crippen molar-refractivity contribution in [3.63, 3.8) is 0 Å². The van der Waals surface area contributed by atoms with Gasteiger partial charge in [-0.15, -0.1) is 0 Å². The molecule has 1 aromatic carbocycles. The van der Waals surface area contributed by atoms with Crippen molar-refractivity contribution in [1.29, 1.82) is 0 Å². The van der Waals surface area contributed by atoms with Crippen molar-refractivity contribution in [2.24, 2.45) is 5.92 Å². The highest BCUT2D eigenvalue weighted by Gasteiger charge is 2.08. The number of anilines is 1. The summed E-state index contributed by atoms with van der Waals surface area (Å²) in [4.78, 5) is 11.7. The Morgan fingerprint density at radius 1 is 1.42 bits per heavy atom. The molecule has 1 amide bonds. The van der Waals surface area contributed by atoms with Crippen LogP contribution < -0.4 is 10.6 Å². The highest BCUT2D eigenvalue weighted by atomic mass is 79.9. The quantitative estimate of drug-likeness (QED) is 0.686. The first-order valence-corrected chi connectivity index (χ1v) is 7.32. The molecule has 0 saturated carbocycles. The van der Waals surface area contributed by atoms with Crippen LogP contribution in [0.3, 0.4) is 0 Å². The SMILES string of the molecule is CCC(CCO)CNCC(=O)Nc1ccccc1Br. The summed E-state index contributed by atoms with van der Waals surface area (Å²) >= 11 is 3.38. The number of benzene rings is 1. The van der Waals surface area contributed by atoms with Crippen LogP contribution in [0.2, 0.25) is 0 Å². The Balaban J connectivity index is 2.30. The Hall–Kier alpha value is -0.910. The Morgan fingerprint density at radius 3 is 2.79 bits per heavy atom. The predicted octanol–water partition coefficient (Wildman–Crippen LogP) is 2.39. The number of hydrogen-bond donors (Lipinski definition) is 3. The number of hydrogen-bond acceptors (Lipinski definition) is 3. The molecule has 1 aromatic rings. The van der Waals surface area contributed by atoms with Crippen LogP contribution in [0, 0.1) is 5.92 Å². The predicted molar refractivity (Wildman–Crippen MR) is 81.1 cm³/mol. The summed E-state index contributed by atoms with van der Waals surface area (Å²) in [6.07, 6.45) is 1.77. The van der Waals surface area contributed by atoms with Gasteiger partial charge in [-0.3, -0.25) is 4.79 Å². The third kappa shape index (κ3) is 6.18. The smallest absolute Gasteiger partial charge is 0.238 e. The molecule has 1 rings (SSSR count). The molecule has 0 aliphatic rings. The van der Waals surface area contributed by atoms with Crippen molar-refractivity contribution in [2.45, 2.75) is 19.8 Å². The van der Waals surface area contributed by atoms with E-state index in [1.54, 1.807) is 0 Å². The number of rotatable bonds is 8. The van der Waals surface area contributed by atoms with Crippen molar-refractivity contribution in [2.75, 3.05) is 25.0 Å². The first kappa shape index (κ1) is 16.1. The van der Waals surface area contributed by atoms with Crippen LogP contribution in [-0.2, 0) is 4.79 Å². The van der Waals surface area contributed by atoms with Gasteiger partial charge >= 0.3 is 0 Å². The van der Waals surface area contributed by atoms with Gasteiger partial charge in [-0.2, -0.15) is 0 Å². The van der Waals surface area contributed by atoms with E-state index in [0.717, 1.165) is 29.5 Å². The van der Waals surface area contributed by atoms with Crippen LogP contribution in [0.5, 0.6) is 0 Å². The van der Waals surface area contributed by atoms with Gasteiger partial charge in [-0.1, -0.05) is 25.5 Å². The minimum absolute atomic E-state index is 0.0641. The summed E-state index contributed by atoms with van der Waals surface area (Å²) in [5, 5.41) is 14.8. The van der Waals surface area contributed by atoms with Gasteiger partial charge in [0.05, 0.1) is 12.2 Å². The van der Waals surface area contributed by atoms with Crippen molar-refractivity contribution in [3.05, 3.63) is 28.7 Å². The summed E-state index contributed by atoms with van der Waals surface area (Å²) in [7, 11) is 0. The van der Waals surface area contributed by atoms with Crippen molar-refractivity contribution in [3.8, 4) is 0 Å². The van der Waals surface area contributed by atoms with E-state index >= 15 is 0 Å². The Kier molecular flexibility index (Phi) is 7.70. The molecule has 1 atom stereocenters. The number of aliphatic hydroxyl groups excluding tert-OH is 1. The minimum Gasteiger partial charge on any atom is -0.396 e. The second kappa shape index (κ2) is 9.07. The summed E-state index contributed by atoms with van der Waals surface area (Å²) < 4.78 is 0.870. The lowest BCUT2D eigenvalue weighted by Crippen LogP contribution is -2.32. The van der Waals surface area contributed by atoms with Crippen LogP contribution in [0.4, 0.5) is 5.69 Å². The number of para-hydroxylation sites is 1. The van der Waals surface area contributed by atoms with E-state index in [-0.39, 0.29) is 19.1 Å². The molecular formula is C14H21BrN2O2. The molecule has 0 bridgehead atoms. The van der Waals surface area contributed by atoms with E-state index in [4.69, 9.17) is 5.11 Å². The van der Waals surface area contributed by atoms with Gasteiger partial charge in [0.15, 0.2) is 0 Å². The number of nitrogens with one attached hydrogen (secondary N) is 2. The number of carbonyl (C=O) groups excluding carboxylic acids is 1. The van der Waals surface area contributed by atoms with Crippen molar-refractivity contribution < 1.29 is 9.90 Å². The van der Waals surface area contributed by atoms with Gasteiger partial charge in [0, 0.05) is 11.1 Å². The zero-order valence-corrected chi connectivity index (χ0v) is 12.7. The highest BCUT2D eigenvalue weighted by molar-refractivity contribution is 9.10. The van der Waals surface area contributed by atoms with Gasteiger partial charge in [0.25, 0.3) is 0 Å². The third-order valence-corrected chi connectivity index (χ3v) is 3.67. The molecule has 5 heteroatoms. The second-order valence-electron chi connectivity index (χ2n) is 4.45. The summed E-state index contributed by atoms with van der Waals surface area (Å²) in [5.74, 6) is 0.354. The number of carbonyl (C=O) groups is 1. The average Bonchev–Trinajstić information content (AvgIpc) is 2.40. The molecule has 0 fully saturated rings. The highest BCUT2D eigenvalue weighted by Crippen LogP contribution is 2.20. The van der Waals surface area contributed by atoms with Gasteiger partial charge in [-0.25, -0.2) is 0 Å². The maximum atomic E-state index is 11.7. The van der Waals surface area contributed by atoms with E-state index in [0.29, 0.717) is 5.92 Å². The van der Waals surface area contributed by atoms with E-state index < -0.39 is 0 Å². The second-order valence-corrected chi connectivity index (χ2v) is 5.30. The van der Waals surface area contributed by atoms with Crippen LogP contribution in [-0.4, -0.2) is 30.7 Å². The van der Waals surface area contributed by atoms with Crippen LogP contribution in [0.25, 0.3) is 0 Å². The summed E-state index contributed by atoms with van der Waals surface area (Å²) in [6, 6.07) is 7.51. The normalized spacial score (nSPS) is 12.2. The molecule has 4 nitrogen and oxygen atoms in total. The van der Waals surface area contributed by atoms with Crippen LogP contribution in [0.15, 0.2) is 28.7 Å². The molecule has 0 radical (unpaired) electrons. The van der Waals surface area contributed by atoms with Crippen molar-refractivity contribution in [1.82, 2.24) is 5.32 Å². The third-order valence-electron chi connectivity index (χ3n) is 2.98. The first-order chi connectivity index (χ1) is 9.17. The van der Waals surface area contributed by atoms with Crippen LogP contribution >= 0.6 is 15.9 Å². The van der Waals surface area contributed by atoms with Gasteiger partial charge < -0.3 is 15.7 Å². The van der Waals surface area contributed by atoms with Crippen LogP contribution in [0.1, 0.15) is 19.8 Å². The lowest BCUT2D eigenvalue weighted by atomic mass is 10.0. The largest absolute Gasteiger partial charge is 0.396 e. The van der Waals surface area contributed by atoms with E-state index in [9.17, 15) is 4.79 Å². The summed E-state index contributed by atoms with van der Waals surface area (Å²) in [5.41, 5.74) is 0.775. The Bertz CT molecular complexity index is 399. The van der Waals surface area contributed by atoms with E-state index in [1.165, 1.54) is 0 Å². The minimum atomic E-state index is -0.0641. The molecule has 19 heavy (non-hydrogen) atoms. The standard InChI is InChI=1S/C14H21BrN2O2/c1-2-11(7-8-18)9-16-10-14(19)17-13-6-4-3-5-12(13)15/h3-6,11,16,18H,2,7-10H2,1H3,(H,17,19). The molecule has 0 aromatic heterocycles. The molecular weight excluding hydrogens is 308 g/mol. The maximum Gasteiger partial charge on any atom is 0.238 e. The zero-order chi connectivity index (χ0) is 14.1. The monoisotopic (exact) mass is 328 g/mol.